The highest BCUT2D eigenvalue weighted by Gasteiger charge is 2.16. The number of carbonyl (C=O) groups is 1. The van der Waals surface area contributed by atoms with E-state index in [2.05, 4.69) is 58.7 Å². The molecule has 0 atom stereocenters. The molecule has 3 rings (SSSR count). The minimum absolute atomic E-state index is 0.154. The Morgan fingerprint density at radius 3 is 2.00 bits per heavy atom. The lowest BCUT2D eigenvalue weighted by Gasteiger charge is -2.25. The largest absolute Gasteiger partial charge is 0.355 e. The Bertz CT molecular complexity index is 596. The SMILES string of the molecule is O=C(CN1CCCCC1)NCCC(c1ccccc1)c1ccccc1. The van der Waals surface area contributed by atoms with Crippen molar-refractivity contribution >= 4 is 5.91 Å². The molecule has 2 aromatic rings. The molecule has 0 aliphatic carbocycles. The molecule has 1 saturated heterocycles. The number of amides is 1. The Morgan fingerprint density at radius 2 is 1.44 bits per heavy atom. The summed E-state index contributed by atoms with van der Waals surface area (Å²) in [6.45, 7) is 3.37. The Kier molecular flexibility index (Phi) is 6.63. The topological polar surface area (TPSA) is 32.3 Å². The maximum absolute atomic E-state index is 12.2. The minimum atomic E-state index is 0.154. The second kappa shape index (κ2) is 9.38. The van der Waals surface area contributed by atoms with Crippen LogP contribution in [-0.4, -0.2) is 37.0 Å². The molecule has 3 nitrogen and oxygen atoms in total. The fourth-order valence-electron chi connectivity index (χ4n) is 3.63. The van der Waals surface area contributed by atoms with Crippen LogP contribution in [0.25, 0.3) is 0 Å². The summed E-state index contributed by atoms with van der Waals surface area (Å²) in [5, 5.41) is 3.12. The Balaban J connectivity index is 1.55. The molecule has 0 radical (unpaired) electrons. The van der Waals surface area contributed by atoms with Crippen molar-refractivity contribution in [3.8, 4) is 0 Å². The van der Waals surface area contributed by atoms with Gasteiger partial charge in [0.25, 0.3) is 0 Å². The number of carbonyl (C=O) groups excluding carboxylic acids is 1. The lowest BCUT2D eigenvalue weighted by molar-refractivity contribution is -0.122. The van der Waals surface area contributed by atoms with Gasteiger partial charge in [0.1, 0.15) is 0 Å². The highest BCUT2D eigenvalue weighted by atomic mass is 16.2. The molecule has 25 heavy (non-hydrogen) atoms. The third-order valence-electron chi connectivity index (χ3n) is 4.97. The molecular formula is C22H28N2O. The molecule has 1 N–H and O–H groups in total. The summed E-state index contributed by atoms with van der Waals surface area (Å²) in [5.74, 6) is 0.472. The van der Waals surface area contributed by atoms with Crippen molar-refractivity contribution in [3.05, 3.63) is 71.8 Å². The molecule has 1 aliphatic rings. The predicted molar refractivity (Wildman–Crippen MR) is 103 cm³/mol. The number of hydrogen-bond donors (Lipinski definition) is 1. The summed E-state index contributed by atoms with van der Waals surface area (Å²) in [4.78, 5) is 14.5. The van der Waals surface area contributed by atoms with Crippen molar-refractivity contribution in [2.24, 2.45) is 0 Å². The van der Waals surface area contributed by atoms with Crippen LogP contribution in [0.15, 0.2) is 60.7 Å². The van der Waals surface area contributed by atoms with E-state index < -0.39 is 0 Å². The van der Waals surface area contributed by atoms with E-state index in [-0.39, 0.29) is 5.91 Å². The molecule has 3 heteroatoms. The van der Waals surface area contributed by atoms with Crippen LogP contribution in [0.1, 0.15) is 42.7 Å². The zero-order chi connectivity index (χ0) is 17.3. The van der Waals surface area contributed by atoms with Gasteiger partial charge in [-0.1, -0.05) is 67.1 Å². The molecule has 1 fully saturated rings. The number of piperidine rings is 1. The minimum Gasteiger partial charge on any atom is -0.355 e. The van der Waals surface area contributed by atoms with Crippen LogP contribution < -0.4 is 5.32 Å². The van der Waals surface area contributed by atoms with E-state index in [1.54, 1.807) is 0 Å². The highest BCUT2D eigenvalue weighted by molar-refractivity contribution is 5.78. The van der Waals surface area contributed by atoms with Gasteiger partial charge in [0.15, 0.2) is 0 Å². The first kappa shape index (κ1) is 17.7. The van der Waals surface area contributed by atoms with Crippen LogP contribution in [0.3, 0.4) is 0 Å². The van der Waals surface area contributed by atoms with Crippen molar-refractivity contribution in [2.75, 3.05) is 26.2 Å². The summed E-state index contributed by atoms with van der Waals surface area (Å²) >= 11 is 0. The molecule has 0 aromatic heterocycles. The van der Waals surface area contributed by atoms with Crippen molar-refractivity contribution in [1.29, 1.82) is 0 Å². The van der Waals surface area contributed by atoms with Gasteiger partial charge in [-0.05, 0) is 43.5 Å². The molecule has 1 amide bonds. The zero-order valence-corrected chi connectivity index (χ0v) is 14.9. The number of rotatable bonds is 7. The number of hydrogen-bond acceptors (Lipinski definition) is 2. The summed E-state index contributed by atoms with van der Waals surface area (Å²) in [7, 11) is 0. The van der Waals surface area contributed by atoms with E-state index in [1.165, 1.54) is 30.4 Å². The Labute approximate surface area is 151 Å². The summed E-state index contributed by atoms with van der Waals surface area (Å²) in [6, 6.07) is 21.1. The third kappa shape index (κ3) is 5.43. The fraction of sp³-hybridized carbons (Fsp3) is 0.409. The normalized spacial score (nSPS) is 15.2. The molecular weight excluding hydrogens is 308 g/mol. The maximum atomic E-state index is 12.2. The van der Waals surface area contributed by atoms with E-state index in [4.69, 9.17) is 0 Å². The predicted octanol–water partition coefficient (Wildman–Crippen LogP) is 3.81. The number of benzene rings is 2. The smallest absolute Gasteiger partial charge is 0.234 e. The average molecular weight is 336 g/mol. The average Bonchev–Trinajstić information content (AvgIpc) is 2.67. The van der Waals surface area contributed by atoms with Gasteiger partial charge in [-0.15, -0.1) is 0 Å². The molecule has 0 saturated carbocycles. The number of nitrogens with one attached hydrogen (secondary N) is 1. The molecule has 2 aromatic carbocycles. The summed E-state index contributed by atoms with van der Waals surface area (Å²) in [5.41, 5.74) is 2.61. The van der Waals surface area contributed by atoms with E-state index in [1.807, 2.05) is 12.1 Å². The first-order valence-electron chi connectivity index (χ1n) is 9.42. The van der Waals surface area contributed by atoms with Gasteiger partial charge in [0, 0.05) is 12.5 Å². The first-order chi connectivity index (χ1) is 12.3. The quantitative estimate of drug-likeness (QED) is 0.834. The van der Waals surface area contributed by atoms with Crippen molar-refractivity contribution in [1.82, 2.24) is 10.2 Å². The summed E-state index contributed by atoms with van der Waals surface area (Å²) < 4.78 is 0. The van der Waals surface area contributed by atoms with Gasteiger partial charge < -0.3 is 5.32 Å². The Hall–Kier alpha value is -2.13. The van der Waals surface area contributed by atoms with Gasteiger partial charge in [-0.2, -0.15) is 0 Å². The highest BCUT2D eigenvalue weighted by Crippen LogP contribution is 2.27. The van der Waals surface area contributed by atoms with Gasteiger partial charge in [0.05, 0.1) is 6.54 Å². The van der Waals surface area contributed by atoms with Gasteiger partial charge in [0.2, 0.25) is 5.91 Å². The van der Waals surface area contributed by atoms with Gasteiger partial charge in [-0.25, -0.2) is 0 Å². The molecule has 0 bridgehead atoms. The third-order valence-corrected chi connectivity index (χ3v) is 4.97. The molecule has 132 valence electrons. The van der Waals surface area contributed by atoms with Crippen LogP contribution >= 0.6 is 0 Å². The number of nitrogens with zero attached hydrogens (tertiary/aromatic N) is 1. The van der Waals surface area contributed by atoms with Crippen LogP contribution in [-0.2, 0) is 4.79 Å². The van der Waals surface area contributed by atoms with Crippen LogP contribution in [0.2, 0.25) is 0 Å². The van der Waals surface area contributed by atoms with Crippen molar-refractivity contribution < 1.29 is 4.79 Å². The zero-order valence-electron chi connectivity index (χ0n) is 14.9. The molecule has 0 unspecified atom stereocenters. The van der Waals surface area contributed by atoms with E-state index in [9.17, 15) is 4.79 Å². The van der Waals surface area contributed by atoms with Crippen LogP contribution in [0.4, 0.5) is 0 Å². The van der Waals surface area contributed by atoms with Crippen molar-refractivity contribution in [2.45, 2.75) is 31.6 Å². The first-order valence-corrected chi connectivity index (χ1v) is 9.42. The van der Waals surface area contributed by atoms with Gasteiger partial charge >= 0.3 is 0 Å². The van der Waals surface area contributed by atoms with Crippen molar-refractivity contribution in [3.63, 3.8) is 0 Å². The van der Waals surface area contributed by atoms with Crippen LogP contribution in [0.5, 0.6) is 0 Å². The monoisotopic (exact) mass is 336 g/mol. The Morgan fingerprint density at radius 1 is 0.880 bits per heavy atom. The van der Waals surface area contributed by atoms with E-state index in [0.717, 1.165) is 19.5 Å². The van der Waals surface area contributed by atoms with E-state index >= 15 is 0 Å². The second-order valence-electron chi connectivity index (χ2n) is 6.85. The lowest BCUT2D eigenvalue weighted by Crippen LogP contribution is -2.40. The van der Waals surface area contributed by atoms with Crippen LogP contribution in [0, 0.1) is 0 Å². The standard InChI is InChI=1S/C22H28N2O/c25-22(18-24-16-8-3-9-17-24)23-15-14-21(19-10-4-1-5-11-19)20-12-6-2-7-13-20/h1-2,4-7,10-13,21H,3,8-9,14-18H2,(H,23,25). The fourth-order valence-corrected chi connectivity index (χ4v) is 3.63. The lowest BCUT2D eigenvalue weighted by atomic mass is 9.88. The maximum Gasteiger partial charge on any atom is 0.234 e. The number of likely N-dealkylation sites (tertiary alicyclic amines) is 1. The molecule has 1 aliphatic heterocycles. The second-order valence-corrected chi connectivity index (χ2v) is 6.85. The van der Waals surface area contributed by atoms with E-state index in [0.29, 0.717) is 19.0 Å². The molecule has 1 heterocycles. The summed E-state index contributed by atoms with van der Waals surface area (Å²) in [6.07, 6.45) is 4.66. The molecule has 0 spiro atoms. The van der Waals surface area contributed by atoms with Gasteiger partial charge in [-0.3, -0.25) is 9.69 Å².